The van der Waals surface area contributed by atoms with Crippen LogP contribution in [0.4, 0.5) is 18.9 Å². The van der Waals surface area contributed by atoms with Crippen LogP contribution < -0.4 is 10.1 Å². The van der Waals surface area contributed by atoms with Gasteiger partial charge in [-0.15, -0.1) is 16.8 Å². The summed E-state index contributed by atoms with van der Waals surface area (Å²) in [5, 5.41) is 11.8. The van der Waals surface area contributed by atoms with Gasteiger partial charge in [0, 0.05) is 17.3 Å². The number of nitrogens with one attached hydrogen (secondary N) is 1. The molecule has 1 amide bonds. The van der Waals surface area contributed by atoms with Crippen molar-refractivity contribution in [3.05, 3.63) is 77.6 Å². The van der Waals surface area contributed by atoms with Gasteiger partial charge in [-0.2, -0.15) is 13.2 Å². The second-order valence-corrected chi connectivity index (χ2v) is 8.25. The summed E-state index contributed by atoms with van der Waals surface area (Å²) in [5.41, 5.74) is -0.774. The first-order chi connectivity index (χ1) is 15.7. The van der Waals surface area contributed by atoms with Crippen LogP contribution in [-0.4, -0.2) is 26.4 Å². The van der Waals surface area contributed by atoms with Crippen LogP contribution in [0.5, 0.6) is 5.75 Å². The fourth-order valence-electron chi connectivity index (χ4n) is 2.91. The third kappa shape index (κ3) is 6.75. The largest absolute Gasteiger partial charge is 0.483 e. The van der Waals surface area contributed by atoms with Crippen LogP contribution in [0.2, 0.25) is 5.02 Å². The molecule has 0 aliphatic heterocycles. The van der Waals surface area contributed by atoms with Crippen molar-refractivity contribution < 1.29 is 22.7 Å². The molecule has 1 heterocycles. The van der Waals surface area contributed by atoms with E-state index in [1.165, 1.54) is 12.1 Å². The molecule has 6 nitrogen and oxygen atoms in total. The lowest BCUT2D eigenvalue weighted by Crippen LogP contribution is -2.16. The number of benzene rings is 2. The van der Waals surface area contributed by atoms with E-state index >= 15 is 0 Å². The Labute approximate surface area is 197 Å². The topological polar surface area (TPSA) is 69.0 Å². The van der Waals surface area contributed by atoms with Crippen LogP contribution in [0.25, 0.3) is 0 Å². The number of nitrogens with zero attached hydrogens (tertiary/aromatic N) is 3. The zero-order chi connectivity index (χ0) is 24.0. The van der Waals surface area contributed by atoms with Crippen molar-refractivity contribution in [2.24, 2.45) is 0 Å². The van der Waals surface area contributed by atoms with E-state index in [0.717, 1.165) is 23.9 Å². The molecule has 11 heteroatoms. The van der Waals surface area contributed by atoms with Crippen molar-refractivity contribution in [3.8, 4) is 5.75 Å². The fraction of sp³-hybridized carbons (Fsp3) is 0.227. The Hall–Kier alpha value is -2.98. The number of alkyl halides is 3. The highest BCUT2D eigenvalue weighted by Crippen LogP contribution is 2.31. The number of aromatic nitrogens is 3. The number of thioether (sulfide) groups is 1. The quantitative estimate of drug-likeness (QED) is 0.290. The molecular formula is C22H20ClF3N4O2S. The van der Waals surface area contributed by atoms with Crippen LogP contribution in [0.15, 0.2) is 66.3 Å². The van der Waals surface area contributed by atoms with E-state index in [9.17, 15) is 18.0 Å². The van der Waals surface area contributed by atoms with Crippen LogP contribution in [-0.2, 0) is 17.5 Å². The molecule has 1 N–H and O–H groups in total. The number of carbonyl (C=O) groups is 1. The zero-order valence-corrected chi connectivity index (χ0v) is 19.0. The highest BCUT2D eigenvalue weighted by atomic mass is 35.5. The van der Waals surface area contributed by atoms with Gasteiger partial charge in [0.05, 0.1) is 11.3 Å². The first-order valence-corrected chi connectivity index (χ1v) is 11.1. The van der Waals surface area contributed by atoms with E-state index < -0.39 is 23.8 Å². The second kappa shape index (κ2) is 10.8. The van der Waals surface area contributed by atoms with Gasteiger partial charge in [0.1, 0.15) is 5.75 Å². The first kappa shape index (κ1) is 24.7. The van der Waals surface area contributed by atoms with E-state index in [2.05, 4.69) is 22.1 Å². The Morgan fingerprint density at radius 1 is 1.27 bits per heavy atom. The molecule has 0 fully saturated rings. The van der Waals surface area contributed by atoms with Crippen LogP contribution in [0.3, 0.4) is 0 Å². The summed E-state index contributed by atoms with van der Waals surface area (Å²) in [6.07, 6.45) is -3.30. The normalized spacial score (nSPS) is 12.3. The summed E-state index contributed by atoms with van der Waals surface area (Å²) in [6.45, 7) is 5.92. The maximum atomic E-state index is 12.9. The van der Waals surface area contributed by atoms with Crippen molar-refractivity contribution in [3.63, 3.8) is 0 Å². The number of anilines is 1. The number of amides is 1. The van der Waals surface area contributed by atoms with E-state index in [-0.39, 0.29) is 11.4 Å². The highest BCUT2D eigenvalue weighted by Gasteiger charge is 2.30. The standard InChI is InChI=1S/C22H20ClF3N4O2S/c1-3-10-30-20(14(2)32-18-9-5-7-16(23)12-18)28-29-21(30)33-13-19(31)27-17-8-4-6-15(11-17)22(24,25)26/h3-9,11-12,14H,1,10,13H2,2H3,(H,27,31). The maximum Gasteiger partial charge on any atom is 0.416 e. The molecule has 0 saturated heterocycles. The summed E-state index contributed by atoms with van der Waals surface area (Å²) in [4.78, 5) is 12.3. The van der Waals surface area contributed by atoms with Crippen LogP contribution in [0.1, 0.15) is 24.4 Å². The minimum absolute atomic E-state index is 0.0622. The summed E-state index contributed by atoms with van der Waals surface area (Å²) in [7, 11) is 0. The Kier molecular flexibility index (Phi) is 8.04. The molecule has 0 saturated carbocycles. The van der Waals surface area contributed by atoms with Gasteiger partial charge in [0.2, 0.25) is 5.91 Å². The van der Waals surface area contributed by atoms with Crippen molar-refractivity contribution in [2.45, 2.75) is 30.9 Å². The third-order valence-corrected chi connectivity index (χ3v) is 5.54. The Balaban J connectivity index is 1.67. The van der Waals surface area contributed by atoms with Gasteiger partial charge in [0.25, 0.3) is 0 Å². The van der Waals surface area contributed by atoms with Crippen LogP contribution in [0, 0.1) is 0 Å². The van der Waals surface area contributed by atoms with E-state index in [0.29, 0.717) is 28.3 Å². The lowest BCUT2D eigenvalue weighted by molar-refractivity contribution is -0.137. The molecule has 3 rings (SSSR count). The molecule has 174 valence electrons. The van der Waals surface area contributed by atoms with Crippen molar-refractivity contribution in [2.75, 3.05) is 11.1 Å². The van der Waals surface area contributed by atoms with Crippen molar-refractivity contribution >= 4 is 35.0 Å². The monoisotopic (exact) mass is 496 g/mol. The molecule has 0 aliphatic rings. The predicted octanol–water partition coefficient (Wildman–Crippen LogP) is 6.01. The minimum atomic E-state index is -4.49. The third-order valence-electron chi connectivity index (χ3n) is 4.34. The van der Waals surface area contributed by atoms with Gasteiger partial charge in [-0.1, -0.05) is 41.6 Å². The number of carbonyl (C=O) groups excluding carboxylic acids is 1. The molecule has 0 bridgehead atoms. The maximum absolute atomic E-state index is 12.9. The molecular weight excluding hydrogens is 477 g/mol. The molecule has 0 spiro atoms. The molecule has 1 atom stereocenters. The number of rotatable bonds is 9. The average molecular weight is 497 g/mol. The summed E-state index contributed by atoms with van der Waals surface area (Å²) >= 11 is 7.10. The zero-order valence-electron chi connectivity index (χ0n) is 17.5. The first-order valence-electron chi connectivity index (χ1n) is 9.73. The second-order valence-electron chi connectivity index (χ2n) is 6.87. The summed E-state index contributed by atoms with van der Waals surface area (Å²) in [6, 6.07) is 11.4. The SMILES string of the molecule is C=CCn1c(SCC(=O)Nc2cccc(C(F)(F)F)c2)nnc1C(C)Oc1cccc(Cl)c1. The van der Waals surface area contributed by atoms with Crippen molar-refractivity contribution in [1.82, 2.24) is 14.8 Å². The van der Waals surface area contributed by atoms with Gasteiger partial charge >= 0.3 is 6.18 Å². The van der Waals surface area contributed by atoms with Gasteiger partial charge in [0.15, 0.2) is 17.1 Å². The molecule has 1 aromatic heterocycles. The molecule has 2 aromatic carbocycles. The molecule has 1 unspecified atom stereocenters. The Morgan fingerprint density at radius 2 is 2.03 bits per heavy atom. The lowest BCUT2D eigenvalue weighted by Gasteiger charge is -2.16. The Morgan fingerprint density at radius 3 is 2.73 bits per heavy atom. The number of ether oxygens (including phenoxy) is 1. The van der Waals surface area contributed by atoms with Gasteiger partial charge in [-0.3, -0.25) is 9.36 Å². The van der Waals surface area contributed by atoms with Gasteiger partial charge in [-0.05, 0) is 43.3 Å². The number of hydrogen-bond donors (Lipinski definition) is 1. The number of hydrogen-bond acceptors (Lipinski definition) is 5. The minimum Gasteiger partial charge on any atom is -0.483 e. The molecule has 3 aromatic rings. The predicted molar refractivity (Wildman–Crippen MR) is 122 cm³/mol. The summed E-state index contributed by atoms with van der Waals surface area (Å²) < 4.78 is 46.2. The molecule has 33 heavy (non-hydrogen) atoms. The number of allylic oxidation sites excluding steroid dienone is 1. The molecule has 0 radical (unpaired) electrons. The van der Waals surface area contributed by atoms with Crippen LogP contribution >= 0.6 is 23.4 Å². The summed E-state index contributed by atoms with van der Waals surface area (Å²) in [5.74, 6) is 0.542. The van der Waals surface area contributed by atoms with Gasteiger partial charge < -0.3 is 10.1 Å². The smallest absolute Gasteiger partial charge is 0.416 e. The van der Waals surface area contributed by atoms with E-state index in [1.54, 1.807) is 41.8 Å². The van der Waals surface area contributed by atoms with Gasteiger partial charge in [-0.25, -0.2) is 0 Å². The fourth-order valence-corrected chi connectivity index (χ4v) is 3.84. The van der Waals surface area contributed by atoms with Crippen molar-refractivity contribution in [1.29, 1.82) is 0 Å². The van der Waals surface area contributed by atoms with E-state index in [1.807, 2.05) is 0 Å². The molecule has 0 aliphatic carbocycles. The Bertz CT molecular complexity index is 1140. The lowest BCUT2D eigenvalue weighted by atomic mass is 10.2. The average Bonchev–Trinajstić information content (AvgIpc) is 3.15. The highest BCUT2D eigenvalue weighted by molar-refractivity contribution is 7.99. The van der Waals surface area contributed by atoms with E-state index in [4.69, 9.17) is 16.3 Å². The number of halogens is 4.